The Morgan fingerprint density at radius 2 is 1.76 bits per heavy atom. The van der Waals surface area contributed by atoms with Crippen molar-refractivity contribution < 1.29 is 19.0 Å². The van der Waals surface area contributed by atoms with Gasteiger partial charge in [-0.2, -0.15) is 0 Å². The fourth-order valence-corrected chi connectivity index (χ4v) is 3.77. The smallest absolute Gasteiger partial charge is 0.259 e. The third-order valence-electron chi connectivity index (χ3n) is 4.48. The Bertz CT molecular complexity index is 1140. The van der Waals surface area contributed by atoms with E-state index in [0.717, 1.165) is 16.2 Å². The maximum atomic E-state index is 12.8. The van der Waals surface area contributed by atoms with Crippen molar-refractivity contribution in [3.8, 4) is 28.5 Å². The molecular formula is C21H19N3O4S. The second-order valence-corrected chi connectivity index (χ2v) is 7.01. The number of thiazole rings is 1. The number of hydrogen-bond donors (Lipinski definition) is 1. The first-order valence-corrected chi connectivity index (χ1v) is 9.65. The van der Waals surface area contributed by atoms with E-state index in [2.05, 4.69) is 10.3 Å². The van der Waals surface area contributed by atoms with Crippen molar-refractivity contribution in [1.82, 2.24) is 9.38 Å². The summed E-state index contributed by atoms with van der Waals surface area (Å²) in [6, 6.07) is 10.8. The predicted octanol–water partition coefficient (Wildman–Crippen LogP) is 4.34. The van der Waals surface area contributed by atoms with Crippen molar-refractivity contribution in [1.29, 1.82) is 0 Å². The number of ether oxygens (including phenoxy) is 3. The van der Waals surface area contributed by atoms with Gasteiger partial charge in [0.2, 0.25) is 5.75 Å². The number of benzene rings is 2. The zero-order valence-electron chi connectivity index (χ0n) is 16.1. The fraction of sp³-hybridized carbons (Fsp3) is 0.143. The molecule has 2 aromatic heterocycles. The first-order valence-electron chi connectivity index (χ1n) is 8.77. The first-order chi connectivity index (χ1) is 14.1. The lowest BCUT2D eigenvalue weighted by Gasteiger charge is -2.15. The Labute approximate surface area is 171 Å². The third kappa shape index (κ3) is 3.50. The van der Waals surface area contributed by atoms with Gasteiger partial charge < -0.3 is 19.5 Å². The van der Waals surface area contributed by atoms with Crippen LogP contribution in [0.1, 0.15) is 10.4 Å². The van der Waals surface area contributed by atoms with Gasteiger partial charge in [-0.25, -0.2) is 4.98 Å². The van der Waals surface area contributed by atoms with Gasteiger partial charge in [-0.1, -0.05) is 12.1 Å². The van der Waals surface area contributed by atoms with Crippen LogP contribution in [0.25, 0.3) is 16.2 Å². The number of nitrogens with zero attached hydrogens (tertiary/aromatic N) is 2. The second kappa shape index (κ2) is 7.84. The van der Waals surface area contributed by atoms with Crippen LogP contribution in [-0.4, -0.2) is 36.6 Å². The average Bonchev–Trinajstić information content (AvgIpc) is 3.35. The van der Waals surface area contributed by atoms with Gasteiger partial charge in [0.1, 0.15) is 0 Å². The summed E-state index contributed by atoms with van der Waals surface area (Å²) in [4.78, 5) is 18.3. The second-order valence-electron chi connectivity index (χ2n) is 6.13. The highest BCUT2D eigenvalue weighted by atomic mass is 32.1. The molecule has 0 spiro atoms. The largest absolute Gasteiger partial charge is 0.493 e. The van der Waals surface area contributed by atoms with E-state index >= 15 is 0 Å². The van der Waals surface area contributed by atoms with Crippen LogP contribution in [0.3, 0.4) is 0 Å². The van der Waals surface area contributed by atoms with E-state index in [0.29, 0.717) is 28.5 Å². The van der Waals surface area contributed by atoms with Gasteiger partial charge in [-0.05, 0) is 24.3 Å². The molecule has 0 aliphatic rings. The number of nitrogens with one attached hydrogen (secondary N) is 1. The maximum Gasteiger partial charge on any atom is 0.259 e. The van der Waals surface area contributed by atoms with Crippen LogP contribution in [-0.2, 0) is 0 Å². The van der Waals surface area contributed by atoms with E-state index in [1.807, 2.05) is 46.4 Å². The molecule has 0 saturated carbocycles. The number of rotatable bonds is 6. The number of carbonyl (C=O) groups excluding carboxylic acids is 1. The molecule has 7 nitrogen and oxygen atoms in total. The first kappa shape index (κ1) is 18.8. The fourth-order valence-electron chi connectivity index (χ4n) is 3.07. The standard InChI is InChI=1S/C21H19N3O4S/c1-26-17-9-8-15(18(27-2)19(17)28-3)20(25)22-14-6-4-13(5-7-14)16-12-24-10-11-29-21(24)23-16/h4-12H,1-3H3,(H,22,25). The maximum absolute atomic E-state index is 12.8. The molecule has 0 atom stereocenters. The lowest BCUT2D eigenvalue weighted by Crippen LogP contribution is -2.14. The van der Waals surface area contributed by atoms with Crippen LogP contribution in [0.2, 0.25) is 0 Å². The number of imidazole rings is 1. The van der Waals surface area contributed by atoms with E-state index in [-0.39, 0.29) is 5.91 Å². The number of amides is 1. The summed E-state index contributed by atoms with van der Waals surface area (Å²) in [7, 11) is 4.52. The molecule has 1 amide bonds. The number of aromatic nitrogens is 2. The van der Waals surface area contributed by atoms with Crippen molar-refractivity contribution in [2.24, 2.45) is 0 Å². The molecule has 8 heteroatoms. The van der Waals surface area contributed by atoms with Gasteiger partial charge in [0.15, 0.2) is 16.5 Å². The SMILES string of the molecule is COc1ccc(C(=O)Nc2ccc(-c3cn4ccsc4n3)cc2)c(OC)c1OC. The molecule has 1 N–H and O–H groups in total. The molecule has 0 unspecified atom stereocenters. The highest BCUT2D eigenvalue weighted by molar-refractivity contribution is 7.15. The third-order valence-corrected chi connectivity index (χ3v) is 5.25. The molecule has 0 radical (unpaired) electrons. The molecule has 4 aromatic rings. The zero-order valence-corrected chi connectivity index (χ0v) is 16.9. The van der Waals surface area contributed by atoms with E-state index in [1.54, 1.807) is 23.5 Å². The predicted molar refractivity (Wildman–Crippen MR) is 113 cm³/mol. The lowest BCUT2D eigenvalue weighted by atomic mass is 10.1. The zero-order chi connectivity index (χ0) is 20.4. The summed E-state index contributed by atoms with van der Waals surface area (Å²) in [5.41, 5.74) is 2.87. The van der Waals surface area contributed by atoms with Gasteiger partial charge >= 0.3 is 0 Å². The molecule has 2 heterocycles. The molecule has 148 valence electrons. The minimum Gasteiger partial charge on any atom is -0.493 e. The van der Waals surface area contributed by atoms with E-state index in [1.165, 1.54) is 21.3 Å². The quantitative estimate of drug-likeness (QED) is 0.513. The van der Waals surface area contributed by atoms with Gasteiger partial charge in [-0.3, -0.25) is 9.20 Å². The van der Waals surface area contributed by atoms with Crippen molar-refractivity contribution in [3.63, 3.8) is 0 Å². The van der Waals surface area contributed by atoms with Crippen LogP contribution in [0, 0.1) is 0 Å². The van der Waals surface area contributed by atoms with Crippen LogP contribution < -0.4 is 19.5 Å². The molecule has 4 rings (SSSR count). The monoisotopic (exact) mass is 409 g/mol. The van der Waals surface area contributed by atoms with Crippen LogP contribution >= 0.6 is 11.3 Å². The Morgan fingerprint density at radius 3 is 2.41 bits per heavy atom. The lowest BCUT2D eigenvalue weighted by molar-refractivity contribution is 0.102. The summed E-state index contributed by atoms with van der Waals surface area (Å²) < 4.78 is 18.0. The Morgan fingerprint density at radius 1 is 1.00 bits per heavy atom. The molecular weight excluding hydrogens is 390 g/mol. The van der Waals surface area contributed by atoms with E-state index < -0.39 is 0 Å². The van der Waals surface area contributed by atoms with Crippen LogP contribution in [0.4, 0.5) is 5.69 Å². The highest BCUT2D eigenvalue weighted by Crippen LogP contribution is 2.40. The molecule has 29 heavy (non-hydrogen) atoms. The summed E-state index contributed by atoms with van der Waals surface area (Å²) in [6.07, 6.45) is 3.95. The number of methoxy groups -OCH3 is 3. The number of hydrogen-bond acceptors (Lipinski definition) is 6. The minimum absolute atomic E-state index is 0.307. The average molecular weight is 409 g/mol. The highest BCUT2D eigenvalue weighted by Gasteiger charge is 2.20. The van der Waals surface area contributed by atoms with Crippen LogP contribution in [0.5, 0.6) is 17.2 Å². The Balaban J connectivity index is 1.56. The molecule has 0 saturated heterocycles. The molecule has 0 aliphatic heterocycles. The topological polar surface area (TPSA) is 74.1 Å². The van der Waals surface area contributed by atoms with Gasteiger partial charge in [0.25, 0.3) is 5.91 Å². The number of fused-ring (bicyclic) bond motifs is 1. The normalized spacial score (nSPS) is 10.7. The summed E-state index contributed by atoms with van der Waals surface area (Å²) in [5.74, 6) is 0.875. The summed E-state index contributed by atoms with van der Waals surface area (Å²) in [5, 5.41) is 4.88. The summed E-state index contributed by atoms with van der Waals surface area (Å²) >= 11 is 1.58. The number of anilines is 1. The van der Waals surface area contributed by atoms with Crippen molar-refractivity contribution in [3.05, 3.63) is 59.7 Å². The Kier molecular flexibility index (Phi) is 5.09. The molecule has 0 aliphatic carbocycles. The summed E-state index contributed by atoms with van der Waals surface area (Å²) in [6.45, 7) is 0. The molecule has 2 aromatic carbocycles. The van der Waals surface area contributed by atoms with E-state index in [4.69, 9.17) is 14.2 Å². The number of carbonyl (C=O) groups is 1. The van der Waals surface area contributed by atoms with Gasteiger partial charge in [-0.15, -0.1) is 11.3 Å². The molecule has 0 bridgehead atoms. The van der Waals surface area contributed by atoms with Crippen LogP contribution in [0.15, 0.2) is 54.2 Å². The van der Waals surface area contributed by atoms with Crippen molar-refractivity contribution >= 4 is 27.9 Å². The van der Waals surface area contributed by atoms with Crippen molar-refractivity contribution in [2.45, 2.75) is 0 Å². The van der Waals surface area contributed by atoms with E-state index in [9.17, 15) is 4.79 Å². The van der Waals surface area contributed by atoms with Gasteiger partial charge in [0, 0.05) is 29.0 Å². The Hall–Kier alpha value is -3.52. The minimum atomic E-state index is -0.307. The van der Waals surface area contributed by atoms with Gasteiger partial charge in [0.05, 0.1) is 32.6 Å². The molecule has 0 fully saturated rings. The van der Waals surface area contributed by atoms with Crippen molar-refractivity contribution in [2.75, 3.05) is 26.6 Å².